The number of fused-ring (bicyclic) bond motifs is 1. The Hall–Kier alpha value is -1.69. The fourth-order valence-corrected chi connectivity index (χ4v) is 4.41. The Morgan fingerprint density at radius 3 is 2.58 bits per heavy atom. The van der Waals surface area contributed by atoms with E-state index in [1.807, 2.05) is 12.1 Å². The van der Waals surface area contributed by atoms with E-state index in [1.54, 1.807) is 26.2 Å². The van der Waals surface area contributed by atoms with Gasteiger partial charge in [-0.05, 0) is 42.0 Å². The van der Waals surface area contributed by atoms with Crippen LogP contribution in [0, 0.1) is 0 Å². The van der Waals surface area contributed by atoms with Crippen molar-refractivity contribution in [3.63, 3.8) is 0 Å². The number of sulfonamides is 1. The molecular formula is C19H24N2O2S. The molecule has 128 valence electrons. The van der Waals surface area contributed by atoms with Gasteiger partial charge >= 0.3 is 0 Å². The maximum absolute atomic E-state index is 12.5. The minimum absolute atomic E-state index is 0.282. The molecule has 0 spiro atoms. The fraction of sp³-hybridized carbons (Fsp3) is 0.368. The minimum Gasteiger partial charge on any atom is -0.306 e. The summed E-state index contributed by atoms with van der Waals surface area (Å²) in [6.45, 7) is 0.544. The predicted molar refractivity (Wildman–Crippen MR) is 96.3 cm³/mol. The van der Waals surface area contributed by atoms with Gasteiger partial charge in [0.25, 0.3) is 0 Å². The van der Waals surface area contributed by atoms with Gasteiger partial charge in [-0.15, -0.1) is 0 Å². The summed E-state index contributed by atoms with van der Waals surface area (Å²) >= 11 is 0. The molecule has 24 heavy (non-hydrogen) atoms. The zero-order valence-corrected chi connectivity index (χ0v) is 15.0. The first-order valence-electron chi connectivity index (χ1n) is 8.32. The highest BCUT2D eigenvalue weighted by molar-refractivity contribution is 7.89. The van der Waals surface area contributed by atoms with Gasteiger partial charge in [0.2, 0.25) is 10.0 Å². The van der Waals surface area contributed by atoms with Crippen molar-refractivity contribution in [3.05, 3.63) is 65.2 Å². The summed E-state index contributed by atoms with van der Waals surface area (Å²) in [5.74, 6) is 0. The van der Waals surface area contributed by atoms with Crippen LogP contribution in [0.25, 0.3) is 0 Å². The minimum atomic E-state index is -3.43. The molecule has 0 heterocycles. The molecule has 0 saturated carbocycles. The molecule has 0 aliphatic heterocycles. The van der Waals surface area contributed by atoms with Crippen molar-refractivity contribution >= 4 is 10.0 Å². The first kappa shape index (κ1) is 17.1. The van der Waals surface area contributed by atoms with E-state index >= 15 is 0 Å². The third-order valence-electron chi connectivity index (χ3n) is 4.64. The number of benzene rings is 2. The van der Waals surface area contributed by atoms with E-state index in [0.29, 0.717) is 11.4 Å². The molecule has 0 saturated heterocycles. The van der Waals surface area contributed by atoms with Crippen LogP contribution in [0.2, 0.25) is 0 Å². The quantitative estimate of drug-likeness (QED) is 0.907. The van der Waals surface area contributed by atoms with Crippen LogP contribution in [0.3, 0.4) is 0 Å². The second kappa shape index (κ2) is 7.05. The lowest BCUT2D eigenvalue weighted by molar-refractivity contribution is 0.456. The van der Waals surface area contributed by atoms with Crippen LogP contribution in [0.1, 0.15) is 35.6 Å². The van der Waals surface area contributed by atoms with Crippen molar-refractivity contribution in [2.24, 2.45) is 0 Å². The van der Waals surface area contributed by atoms with Crippen LogP contribution < -0.4 is 5.32 Å². The van der Waals surface area contributed by atoms with Gasteiger partial charge in [-0.3, -0.25) is 0 Å². The lowest BCUT2D eigenvalue weighted by Gasteiger charge is -2.27. The van der Waals surface area contributed by atoms with Crippen LogP contribution in [-0.2, 0) is 23.0 Å². The third kappa shape index (κ3) is 3.38. The van der Waals surface area contributed by atoms with Crippen LogP contribution in [0.15, 0.2) is 53.4 Å². The van der Waals surface area contributed by atoms with E-state index in [4.69, 9.17) is 0 Å². The number of nitrogens with one attached hydrogen (secondary N) is 1. The molecule has 2 aromatic carbocycles. The lowest BCUT2D eigenvalue weighted by Crippen LogP contribution is -2.27. The molecule has 0 fully saturated rings. The van der Waals surface area contributed by atoms with Crippen molar-refractivity contribution in [2.45, 2.75) is 36.7 Å². The maximum atomic E-state index is 12.5. The van der Waals surface area contributed by atoms with Crippen molar-refractivity contribution in [1.82, 2.24) is 9.62 Å². The highest BCUT2D eigenvalue weighted by Gasteiger charge is 2.23. The molecule has 1 N–H and O–H groups in total. The summed E-state index contributed by atoms with van der Waals surface area (Å²) in [7, 11) is -0.295. The molecule has 0 amide bonds. The highest BCUT2D eigenvalue weighted by atomic mass is 32.2. The van der Waals surface area contributed by atoms with Gasteiger partial charge in [-0.2, -0.15) is 0 Å². The third-order valence-corrected chi connectivity index (χ3v) is 6.56. The van der Waals surface area contributed by atoms with Gasteiger partial charge in [0.15, 0.2) is 0 Å². The van der Waals surface area contributed by atoms with Crippen LogP contribution >= 0.6 is 0 Å². The SMILES string of the molecule is CN(C)S(=O)(=O)c1ccccc1CN[C@H]1CCCc2ccccc21. The number of aryl methyl sites for hydroxylation is 1. The average molecular weight is 344 g/mol. The van der Waals surface area contributed by atoms with Gasteiger partial charge in [0.05, 0.1) is 4.90 Å². The molecule has 0 aromatic heterocycles. The Morgan fingerprint density at radius 1 is 1.08 bits per heavy atom. The summed E-state index contributed by atoms with van der Waals surface area (Å²) in [6, 6.07) is 16.0. The van der Waals surface area contributed by atoms with Crippen molar-refractivity contribution < 1.29 is 8.42 Å². The summed E-state index contributed by atoms with van der Waals surface area (Å²) in [5, 5.41) is 3.56. The van der Waals surface area contributed by atoms with E-state index in [1.165, 1.54) is 15.4 Å². The highest BCUT2D eigenvalue weighted by Crippen LogP contribution is 2.30. The summed E-state index contributed by atoms with van der Waals surface area (Å²) in [6.07, 6.45) is 3.37. The molecular weight excluding hydrogens is 320 g/mol. The Morgan fingerprint density at radius 2 is 1.79 bits per heavy atom. The molecule has 1 aliphatic carbocycles. The summed E-state index contributed by atoms with van der Waals surface area (Å²) < 4.78 is 26.3. The van der Waals surface area contributed by atoms with Crippen LogP contribution in [-0.4, -0.2) is 26.8 Å². The number of rotatable bonds is 5. The zero-order chi connectivity index (χ0) is 17.2. The first-order chi connectivity index (χ1) is 11.5. The van der Waals surface area contributed by atoms with E-state index in [2.05, 4.69) is 29.6 Å². The van der Waals surface area contributed by atoms with Crippen molar-refractivity contribution in [3.8, 4) is 0 Å². The van der Waals surface area contributed by atoms with Crippen molar-refractivity contribution in [1.29, 1.82) is 0 Å². The molecule has 0 bridgehead atoms. The summed E-state index contributed by atoms with van der Waals surface area (Å²) in [4.78, 5) is 0.381. The topological polar surface area (TPSA) is 49.4 Å². The largest absolute Gasteiger partial charge is 0.306 e. The van der Waals surface area contributed by atoms with Gasteiger partial charge in [0.1, 0.15) is 0 Å². The summed E-state index contributed by atoms with van der Waals surface area (Å²) in [5.41, 5.74) is 3.56. The second-order valence-corrected chi connectivity index (χ2v) is 8.54. The van der Waals surface area contributed by atoms with Gasteiger partial charge in [0, 0.05) is 26.7 Å². The Bertz CT molecular complexity index is 816. The standard InChI is InChI=1S/C19H24N2O2S/c1-21(2)24(22,23)19-13-6-4-9-16(19)14-20-18-12-7-10-15-8-3-5-11-17(15)18/h3-6,8-9,11,13,18,20H,7,10,12,14H2,1-2H3/t18-/m0/s1. The number of hydrogen-bond acceptors (Lipinski definition) is 3. The smallest absolute Gasteiger partial charge is 0.242 e. The molecule has 1 atom stereocenters. The normalized spacial score (nSPS) is 17.7. The molecule has 0 radical (unpaired) electrons. The molecule has 3 rings (SSSR count). The number of nitrogens with zero attached hydrogens (tertiary/aromatic N) is 1. The molecule has 5 heteroatoms. The Labute approximate surface area is 144 Å². The van der Waals surface area contributed by atoms with E-state index < -0.39 is 10.0 Å². The molecule has 4 nitrogen and oxygen atoms in total. The fourth-order valence-electron chi connectivity index (χ4n) is 3.30. The van der Waals surface area contributed by atoms with Crippen molar-refractivity contribution in [2.75, 3.05) is 14.1 Å². The van der Waals surface area contributed by atoms with Gasteiger partial charge in [-0.25, -0.2) is 12.7 Å². The average Bonchev–Trinajstić information content (AvgIpc) is 2.60. The zero-order valence-electron chi connectivity index (χ0n) is 14.2. The molecule has 1 aliphatic rings. The first-order valence-corrected chi connectivity index (χ1v) is 9.76. The number of hydrogen-bond donors (Lipinski definition) is 1. The second-order valence-electron chi connectivity index (χ2n) is 6.42. The van der Waals surface area contributed by atoms with Crippen LogP contribution in [0.4, 0.5) is 0 Å². The molecule has 2 aromatic rings. The maximum Gasteiger partial charge on any atom is 0.242 e. The van der Waals surface area contributed by atoms with Gasteiger partial charge < -0.3 is 5.32 Å². The molecule has 0 unspecified atom stereocenters. The van der Waals surface area contributed by atoms with E-state index in [9.17, 15) is 8.42 Å². The Kier molecular flexibility index (Phi) is 5.04. The van der Waals surface area contributed by atoms with Gasteiger partial charge in [-0.1, -0.05) is 42.5 Å². The van der Waals surface area contributed by atoms with Crippen LogP contribution in [0.5, 0.6) is 0 Å². The lowest BCUT2D eigenvalue weighted by atomic mass is 9.87. The predicted octanol–water partition coefficient (Wildman–Crippen LogP) is 3.10. The Balaban J connectivity index is 1.82. The van der Waals surface area contributed by atoms with E-state index in [-0.39, 0.29) is 6.04 Å². The monoisotopic (exact) mass is 344 g/mol. The van der Waals surface area contributed by atoms with E-state index in [0.717, 1.165) is 24.8 Å².